The van der Waals surface area contributed by atoms with Crippen molar-refractivity contribution in [3.63, 3.8) is 0 Å². The topological polar surface area (TPSA) is 108 Å². The van der Waals surface area contributed by atoms with Crippen molar-refractivity contribution in [2.75, 3.05) is 47.5 Å². The molecule has 0 bridgehead atoms. The molecule has 0 spiro atoms. The first kappa shape index (κ1) is 61.7. The van der Waals surface area contributed by atoms with Crippen LogP contribution in [-0.4, -0.2) is 74.9 Å². The summed E-state index contributed by atoms with van der Waals surface area (Å²) in [5.74, 6) is -0.847. The number of hydrogen-bond acceptors (Lipinski definition) is 7. The Hall–Kier alpha value is -3.33. The molecule has 0 aliphatic carbocycles. The number of carbonyl (C=O) groups excluding carboxylic acids is 2. The number of carbonyl (C=O) groups is 2. The summed E-state index contributed by atoms with van der Waals surface area (Å²) in [5.41, 5.74) is 0. The van der Waals surface area contributed by atoms with Crippen LogP contribution in [0.2, 0.25) is 0 Å². The summed E-state index contributed by atoms with van der Waals surface area (Å²) in [6.07, 6.45) is 63.0. The van der Waals surface area contributed by atoms with Gasteiger partial charge in [0.25, 0.3) is 0 Å². The molecular formula is C55H93NO8P+. The van der Waals surface area contributed by atoms with Gasteiger partial charge < -0.3 is 18.9 Å². The van der Waals surface area contributed by atoms with Crippen LogP contribution in [0, 0.1) is 0 Å². The normalized spacial score (nSPS) is 14.4. The number of unbranched alkanes of at least 4 members (excludes halogenated alkanes) is 12. The Labute approximate surface area is 397 Å². The van der Waals surface area contributed by atoms with E-state index in [2.05, 4.69) is 123 Å². The van der Waals surface area contributed by atoms with Gasteiger partial charge in [0.2, 0.25) is 0 Å². The number of rotatable bonds is 44. The quantitative estimate of drug-likeness (QED) is 0.0212. The molecule has 0 aliphatic rings. The zero-order valence-electron chi connectivity index (χ0n) is 41.7. The number of likely N-dealkylation sites (N-methyl/N-ethyl adjacent to an activating group) is 1. The molecule has 1 N–H and O–H groups in total. The molecule has 0 saturated heterocycles. The minimum atomic E-state index is -4.39. The van der Waals surface area contributed by atoms with Crippen molar-refractivity contribution in [1.29, 1.82) is 0 Å². The van der Waals surface area contributed by atoms with Gasteiger partial charge in [-0.15, -0.1) is 0 Å². The van der Waals surface area contributed by atoms with Gasteiger partial charge in [-0.05, 0) is 83.5 Å². The molecule has 2 unspecified atom stereocenters. The van der Waals surface area contributed by atoms with Crippen LogP contribution in [0.1, 0.15) is 174 Å². The summed E-state index contributed by atoms with van der Waals surface area (Å²) in [7, 11) is 1.44. The lowest BCUT2D eigenvalue weighted by Crippen LogP contribution is -2.37. The third-order valence-corrected chi connectivity index (χ3v) is 11.1. The Morgan fingerprint density at radius 1 is 0.492 bits per heavy atom. The van der Waals surface area contributed by atoms with Gasteiger partial charge in [0.15, 0.2) is 6.10 Å². The fourth-order valence-electron chi connectivity index (χ4n) is 6.18. The van der Waals surface area contributed by atoms with Crippen LogP contribution in [0.15, 0.2) is 109 Å². The van der Waals surface area contributed by atoms with Crippen LogP contribution < -0.4 is 0 Å². The van der Waals surface area contributed by atoms with E-state index >= 15 is 0 Å². The molecule has 0 aromatic heterocycles. The van der Waals surface area contributed by atoms with Gasteiger partial charge in [0, 0.05) is 12.8 Å². The lowest BCUT2D eigenvalue weighted by molar-refractivity contribution is -0.870. The van der Waals surface area contributed by atoms with Crippen molar-refractivity contribution in [2.24, 2.45) is 0 Å². The van der Waals surface area contributed by atoms with Gasteiger partial charge in [-0.25, -0.2) is 4.57 Å². The smallest absolute Gasteiger partial charge is 0.462 e. The monoisotopic (exact) mass is 927 g/mol. The largest absolute Gasteiger partial charge is 0.472 e. The number of esters is 2. The molecule has 0 aliphatic heterocycles. The maximum atomic E-state index is 12.7. The number of hydrogen-bond donors (Lipinski definition) is 1. The van der Waals surface area contributed by atoms with E-state index in [0.717, 1.165) is 96.3 Å². The van der Waals surface area contributed by atoms with Crippen molar-refractivity contribution in [3.05, 3.63) is 109 Å². The molecular weight excluding hydrogens is 834 g/mol. The maximum absolute atomic E-state index is 12.7. The standard InChI is InChI=1S/C55H92NO8P/c1-6-8-10-12-14-16-18-19-20-21-22-23-24-25-26-27-28-29-30-31-32-33-34-35-36-37-38-40-42-44-46-48-55(58)64-53(52-63-65(59,60)62-50-49-56(3,4)5)51-61-54(57)47-45-43-41-39-17-15-13-11-9-7-2/h8,10,14,16,19-20,22-23,25-26,28-29,31-32,34-35,37-38,53H,6-7,9,11-13,15,17-18,21,24,27,30,33,36,39-52H2,1-5H3/p+1/b10-8-,16-14-,20-19-,23-22-,26-25-,29-28-,32-31-,35-34-,38-37-. The van der Waals surface area contributed by atoms with E-state index in [4.69, 9.17) is 18.5 Å². The van der Waals surface area contributed by atoms with E-state index in [-0.39, 0.29) is 32.0 Å². The van der Waals surface area contributed by atoms with Crippen molar-refractivity contribution in [2.45, 2.75) is 180 Å². The van der Waals surface area contributed by atoms with Gasteiger partial charge in [0.05, 0.1) is 27.7 Å². The SMILES string of the molecule is CC/C=C\C/C=C\C/C=C\C/C=C\C/C=C\C/C=C\C/C=C\C/C=C\C/C=C\CCCCCC(=O)OC(COC(=O)CCCCCCCCCCCC)COP(=O)(O)OCC[N+](C)(C)C. The fourth-order valence-corrected chi connectivity index (χ4v) is 6.92. The average molecular weight is 927 g/mol. The van der Waals surface area contributed by atoms with E-state index in [9.17, 15) is 19.0 Å². The lowest BCUT2D eigenvalue weighted by atomic mass is 10.1. The molecule has 0 radical (unpaired) electrons. The Balaban J connectivity index is 4.28. The zero-order valence-corrected chi connectivity index (χ0v) is 42.6. The summed E-state index contributed by atoms with van der Waals surface area (Å²) in [6.45, 7) is 4.23. The number of quaternary nitrogens is 1. The molecule has 0 aromatic carbocycles. The first-order chi connectivity index (χ1) is 31.5. The molecule has 10 heteroatoms. The van der Waals surface area contributed by atoms with Gasteiger partial charge in [-0.2, -0.15) is 0 Å². The minimum absolute atomic E-state index is 0.0197. The van der Waals surface area contributed by atoms with Crippen LogP contribution in [-0.2, 0) is 32.7 Å². The highest BCUT2D eigenvalue weighted by atomic mass is 31.2. The van der Waals surface area contributed by atoms with E-state index in [0.29, 0.717) is 17.4 Å². The highest BCUT2D eigenvalue weighted by Gasteiger charge is 2.27. The van der Waals surface area contributed by atoms with Crippen LogP contribution >= 0.6 is 7.82 Å². The second-order valence-corrected chi connectivity index (χ2v) is 18.9. The highest BCUT2D eigenvalue weighted by molar-refractivity contribution is 7.47. The molecule has 0 saturated carbocycles. The summed E-state index contributed by atoms with van der Waals surface area (Å²) in [6, 6.07) is 0. The average Bonchev–Trinajstić information content (AvgIpc) is 3.26. The first-order valence-corrected chi connectivity index (χ1v) is 26.6. The Bertz CT molecular complexity index is 1470. The third-order valence-electron chi connectivity index (χ3n) is 10.1. The van der Waals surface area contributed by atoms with Crippen molar-refractivity contribution < 1.29 is 42.1 Å². The van der Waals surface area contributed by atoms with Gasteiger partial charge in [-0.1, -0.05) is 187 Å². The maximum Gasteiger partial charge on any atom is 0.472 e. The van der Waals surface area contributed by atoms with Gasteiger partial charge >= 0.3 is 19.8 Å². The second-order valence-electron chi connectivity index (χ2n) is 17.5. The predicted molar refractivity (Wildman–Crippen MR) is 275 cm³/mol. The fraction of sp³-hybridized carbons (Fsp3) is 0.636. The second kappa shape index (κ2) is 45.8. The summed E-state index contributed by atoms with van der Waals surface area (Å²) in [5, 5.41) is 0. The molecule has 0 amide bonds. The van der Waals surface area contributed by atoms with E-state index in [1.54, 1.807) is 0 Å². The molecule has 0 heterocycles. The van der Waals surface area contributed by atoms with E-state index in [1.165, 1.54) is 44.9 Å². The van der Waals surface area contributed by atoms with E-state index < -0.39 is 26.5 Å². The van der Waals surface area contributed by atoms with Crippen LogP contribution in [0.25, 0.3) is 0 Å². The summed E-state index contributed by atoms with van der Waals surface area (Å²) < 4.78 is 34.3. The third kappa shape index (κ3) is 49.9. The van der Waals surface area contributed by atoms with E-state index in [1.807, 2.05) is 21.1 Å². The zero-order chi connectivity index (χ0) is 47.8. The van der Waals surface area contributed by atoms with Crippen molar-refractivity contribution in [1.82, 2.24) is 0 Å². The molecule has 0 fully saturated rings. The molecule has 9 nitrogen and oxygen atoms in total. The summed E-state index contributed by atoms with van der Waals surface area (Å²) in [4.78, 5) is 35.4. The first-order valence-electron chi connectivity index (χ1n) is 25.1. The Morgan fingerprint density at radius 2 is 0.877 bits per heavy atom. The highest BCUT2D eigenvalue weighted by Crippen LogP contribution is 2.43. The Kier molecular flexibility index (Phi) is 43.5. The number of ether oxygens (including phenoxy) is 2. The predicted octanol–water partition coefficient (Wildman–Crippen LogP) is 15.1. The molecule has 0 aromatic rings. The molecule has 65 heavy (non-hydrogen) atoms. The molecule has 0 rings (SSSR count). The number of phosphoric ester groups is 1. The van der Waals surface area contributed by atoms with Gasteiger partial charge in [0.1, 0.15) is 19.8 Å². The lowest BCUT2D eigenvalue weighted by Gasteiger charge is -2.24. The minimum Gasteiger partial charge on any atom is -0.462 e. The van der Waals surface area contributed by atoms with Crippen LogP contribution in [0.4, 0.5) is 0 Å². The van der Waals surface area contributed by atoms with Crippen molar-refractivity contribution in [3.8, 4) is 0 Å². The molecule has 370 valence electrons. The van der Waals surface area contributed by atoms with Gasteiger partial charge in [-0.3, -0.25) is 18.6 Å². The number of nitrogens with zero attached hydrogens (tertiary/aromatic N) is 1. The number of phosphoric acid groups is 1. The number of allylic oxidation sites excluding steroid dienone is 18. The summed E-state index contributed by atoms with van der Waals surface area (Å²) >= 11 is 0. The Morgan fingerprint density at radius 3 is 1.31 bits per heavy atom. The molecule has 2 atom stereocenters. The van der Waals surface area contributed by atoms with Crippen molar-refractivity contribution >= 4 is 19.8 Å². The van der Waals surface area contributed by atoms with Crippen LogP contribution in [0.5, 0.6) is 0 Å². The van der Waals surface area contributed by atoms with Crippen LogP contribution in [0.3, 0.4) is 0 Å².